The molecule has 1 aliphatic rings. The van der Waals surface area contributed by atoms with Gasteiger partial charge in [0.15, 0.2) is 15.5 Å². The summed E-state index contributed by atoms with van der Waals surface area (Å²) in [6.07, 6.45) is -4.11. The van der Waals surface area contributed by atoms with Crippen molar-refractivity contribution in [3.8, 4) is 11.8 Å². The molecule has 2 aromatic carbocycles. The maximum absolute atomic E-state index is 13.9. The van der Waals surface area contributed by atoms with Crippen molar-refractivity contribution >= 4 is 26.8 Å². The number of rotatable bonds is 6. The molecular weight excluding hydrogens is 590 g/mol. The molecule has 1 unspecified atom stereocenters. The number of nitriles is 1. The maximum atomic E-state index is 13.9. The first-order valence-electron chi connectivity index (χ1n) is 13.0. The van der Waals surface area contributed by atoms with Crippen LogP contribution < -0.4 is 5.56 Å². The van der Waals surface area contributed by atoms with Crippen LogP contribution in [0.15, 0.2) is 65.6 Å². The van der Waals surface area contributed by atoms with Crippen LogP contribution in [0.3, 0.4) is 0 Å². The molecule has 9 nitrogen and oxygen atoms in total. The van der Waals surface area contributed by atoms with Gasteiger partial charge in [-0.1, -0.05) is 6.07 Å². The second-order valence-electron chi connectivity index (χ2n) is 10.2. The van der Waals surface area contributed by atoms with Crippen LogP contribution >= 0.6 is 0 Å². The lowest BCUT2D eigenvalue weighted by Crippen LogP contribution is -2.45. The van der Waals surface area contributed by atoms with Crippen molar-refractivity contribution < 1.29 is 30.8 Å². The molecule has 2 atom stereocenters. The summed E-state index contributed by atoms with van der Waals surface area (Å²) in [5, 5.41) is 9.38. The fourth-order valence-electron chi connectivity index (χ4n) is 5.27. The third kappa shape index (κ3) is 5.98. The summed E-state index contributed by atoms with van der Waals surface area (Å²) in [7, 11) is -3.53. The van der Waals surface area contributed by atoms with E-state index in [4.69, 9.17) is 0 Å². The Kier molecular flexibility index (Phi) is 7.78. The van der Waals surface area contributed by atoms with Gasteiger partial charge in [0, 0.05) is 12.2 Å². The number of alkyl halides is 3. The number of halogens is 4. The van der Waals surface area contributed by atoms with E-state index < -0.39 is 63.1 Å². The normalized spacial score (nSPS) is 17.0. The second-order valence-corrected chi connectivity index (χ2v) is 12.4. The van der Waals surface area contributed by atoms with E-state index in [9.17, 15) is 40.8 Å². The highest BCUT2D eigenvalue weighted by atomic mass is 32.2. The minimum Gasteiger partial charge on any atom is -0.328 e. The number of pyridine rings is 1. The van der Waals surface area contributed by atoms with Crippen molar-refractivity contribution in [1.82, 2.24) is 19.4 Å². The van der Waals surface area contributed by atoms with Crippen LogP contribution in [0.5, 0.6) is 0 Å². The highest BCUT2D eigenvalue weighted by Crippen LogP contribution is 2.33. The van der Waals surface area contributed by atoms with Gasteiger partial charge in [-0.2, -0.15) is 18.4 Å². The average molecular weight is 614 g/mol. The molecule has 1 amide bonds. The number of fused-ring (bicyclic) bond motifs is 1. The average Bonchev–Trinajstić information content (AvgIpc) is 3.32. The van der Waals surface area contributed by atoms with E-state index in [1.165, 1.54) is 52.9 Å². The number of carbonyl (C=O) groups is 1. The highest BCUT2D eigenvalue weighted by Gasteiger charge is 2.39. The largest absolute Gasteiger partial charge is 0.419 e. The first-order chi connectivity index (χ1) is 20.3. The fourth-order valence-corrected chi connectivity index (χ4v) is 6.98. The Morgan fingerprint density at radius 1 is 1.19 bits per heavy atom. The molecule has 222 valence electrons. The minimum atomic E-state index is -4.99. The predicted molar refractivity (Wildman–Crippen MR) is 147 cm³/mol. The molecule has 4 aromatic rings. The number of hydrogen-bond donors (Lipinski definition) is 0. The van der Waals surface area contributed by atoms with Crippen LogP contribution in [0.25, 0.3) is 16.7 Å². The van der Waals surface area contributed by atoms with E-state index in [2.05, 4.69) is 9.97 Å². The van der Waals surface area contributed by atoms with Crippen LogP contribution in [0.4, 0.5) is 17.6 Å². The Morgan fingerprint density at radius 2 is 1.91 bits per heavy atom. The smallest absolute Gasteiger partial charge is 0.328 e. The zero-order valence-corrected chi connectivity index (χ0v) is 23.4. The second kappa shape index (κ2) is 11.2. The third-order valence-corrected chi connectivity index (χ3v) is 9.05. The van der Waals surface area contributed by atoms with Crippen molar-refractivity contribution in [1.29, 1.82) is 5.26 Å². The van der Waals surface area contributed by atoms with E-state index in [0.717, 1.165) is 6.07 Å². The molecule has 43 heavy (non-hydrogen) atoms. The van der Waals surface area contributed by atoms with Gasteiger partial charge in [0.25, 0.3) is 5.56 Å². The number of aromatic nitrogens is 3. The molecule has 0 saturated carbocycles. The Labute approximate surface area is 243 Å². The summed E-state index contributed by atoms with van der Waals surface area (Å²) in [5.74, 6) is -2.81. The van der Waals surface area contributed by atoms with Crippen LogP contribution in [0.2, 0.25) is 0 Å². The molecule has 0 aliphatic carbocycles. The van der Waals surface area contributed by atoms with Crippen LogP contribution in [0.1, 0.15) is 41.9 Å². The van der Waals surface area contributed by atoms with E-state index in [1.54, 1.807) is 6.07 Å². The Balaban J connectivity index is 1.64. The molecule has 1 aliphatic heterocycles. The first-order valence-corrected chi connectivity index (χ1v) is 14.9. The first kappa shape index (κ1) is 29.8. The zero-order valence-electron chi connectivity index (χ0n) is 22.5. The van der Waals surface area contributed by atoms with Crippen LogP contribution in [0, 0.1) is 17.1 Å². The zero-order chi connectivity index (χ0) is 31.1. The minimum absolute atomic E-state index is 0.0219. The number of sulfone groups is 1. The molecule has 1 fully saturated rings. The van der Waals surface area contributed by atoms with Crippen molar-refractivity contribution in [2.75, 3.05) is 11.5 Å². The molecule has 3 heterocycles. The Hall–Kier alpha value is -4.64. The monoisotopic (exact) mass is 613 g/mol. The molecule has 0 radical (unpaired) electrons. The van der Waals surface area contributed by atoms with Gasteiger partial charge < -0.3 is 4.90 Å². The molecule has 0 N–H and O–H groups in total. The van der Waals surface area contributed by atoms with Gasteiger partial charge >= 0.3 is 6.18 Å². The lowest BCUT2D eigenvalue weighted by molar-refractivity contribution is -0.140. The summed E-state index contributed by atoms with van der Waals surface area (Å²) in [6, 6.07) is 11.4. The molecule has 5 rings (SSSR count). The quantitative estimate of drug-likeness (QED) is 0.300. The van der Waals surface area contributed by atoms with E-state index >= 15 is 0 Å². The lowest BCUT2D eigenvalue weighted by atomic mass is 10.0. The topological polar surface area (TPSA) is 126 Å². The lowest BCUT2D eigenvalue weighted by Gasteiger charge is -2.35. The summed E-state index contributed by atoms with van der Waals surface area (Å²) in [5.41, 5.74) is -1.49. The van der Waals surface area contributed by atoms with Gasteiger partial charge in [-0.05, 0) is 67.4 Å². The summed E-state index contributed by atoms with van der Waals surface area (Å²) in [6.45, 7) is 1.53. The summed E-state index contributed by atoms with van der Waals surface area (Å²) in [4.78, 5) is 37.6. The van der Waals surface area contributed by atoms with Gasteiger partial charge in [-0.3, -0.25) is 14.2 Å². The van der Waals surface area contributed by atoms with E-state index in [-0.39, 0.29) is 34.6 Å². The van der Waals surface area contributed by atoms with Crippen LogP contribution in [-0.4, -0.2) is 51.3 Å². The fraction of sp³-hybridized carbons (Fsp3) is 0.276. The number of nitrogens with zero attached hydrogens (tertiary/aromatic N) is 5. The number of carbonyl (C=O) groups excluding carboxylic acids is 1. The SMILES string of the molecule is C[C@H](c1nc2ncccc2c(=O)n1-c1ccc(C#N)cc1)N(C(=O)Cc1ccc(F)c(C(F)(F)F)c1)C1CCS(=O)(=O)C1. The number of benzene rings is 2. The van der Waals surface area contributed by atoms with Gasteiger partial charge in [-0.15, -0.1) is 0 Å². The van der Waals surface area contributed by atoms with Crippen molar-refractivity contribution in [3.63, 3.8) is 0 Å². The molecule has 2 aromatic heterocycles. The van der Waals surface area contributed by atoms with Gasteiger partial charge in [-0.25, -0.2) is 22.8 Å². The Bertz CT molecular complexity index is 1940. The van der Waals surface area contributed by atoms with Gasteiger partial charge in [0.2, 0.25) is 5.91 Å². The molecular formula is C29H23F4N5O4S. The summed E-state index contributed by atoms with van der Waals surface area (Å²) < 4.78 is 80.1. The van der Waals surface area contributed by atoms with Gasteiger partial charge in [0.1, 0.15) is 11.6 Å². The Morgan fingerprint density at radius 3 is 2.53 bits per heavy atom. The van der Waals surface area contributed by atoms with E-state index in [1.807, 2.05) is 6.07 Å². The molecule has 0 bridgehead atoms. The standard InChI is InChI=1S/C29H23F4N5O4S/c1-17(27-36-26-22(3-2-11-35-26)28(40)38(27)20-7-4-18(15-34)5-8-20)37(21-10-12-43(41,42)16-21)25(39)14-19-6-9-24(30)23(13-19)29(31,32)33/h2-9,11,13,17,21H,10,12,14,16H2,1H3/t17-,21?/m1/s1. The molecule has 1 saturated heterocycles. The van der Waals surface area contributed by atoms with E-state index in [0.29, 0.717) is 23.4 Å². The third-order valence-electron chi connectivity index (χ3n) is 7.30. The highest BCUT2D eigenvalue weighted by molar-refractivity contribution is 7.91. The number of amides is 1. The van der Waals surface area contributed by atoms with Crippen molar-refractivity contribution in [2.45, 2.75) is 38.0 Å². The maximum Gasteiger partial charge on any atom is 0.419 e. The van der Waals surface area contributed by atoms with Crippen molar-refractivity contribution in [2.24, 2.45) is 0 Å². The van der Waals surface area contributed by atoms with Crippen LogP contribution in [-0.2, 0) is 27.2 Å². The molecule has 0 spiro atoms. The number of hydrogen-bond acceptors (Lipinski definition) is 7. The van der Waals surface area contributed by atoms with Gasteiger partial charge in [0.05, 0.1) is 52.2 Å². The van der Waals surface area contributed by atoms with Crippen molar-refractivity contribution in [3.05, 3.63) is 99.5 Å². The summed E-state index contributed by atoms with van der Waals surface area (Å²) >= 11 is 0. The predicted octanol–water partition coefficient (Wildman–Crippen LogP) is 4.13. The molecule has 14 heteroatoms.